The molecular formula is C54H38N4. The normalized spacial score (nSPS) is 13.8. The van der Waals surface area contributed by atoms with Gasteiger partial charge >= 0.3 is 0 Å². The molecule has 0 bridgehead atoms. The van der Waals surface area contributed by atoms with Crippen molar-refractivity contribution in [2.45, 2.75) is 25.7 Å². The summed E-state index contributed by atoms with van der Waals surface area (Å²) >= 11 is 0. The summed E-state index contributed by atoms with van der Waals surface area (Å²) in [5.74, 6) is 0. The van der Waals surface area contributed by atoms with Crippen LogP contribution in [0.5, 0.6) is 0 Å². The number of hydrogen-bond acceptors (Lipinski definition) is 0. The van der Waals surface area contributed by atoms with E-state index in [4.69, 9.17) is 0 Å². The first kappa shape index (κ1) is 31.9. The van der Waals surface area contributed by atoms with Gasteiger partial charge in [0.2, 0.25) is 0 Å². The van der Waals surface area contributed by atoms with E-state index in [0.717, 1.165) is 37.1 Å². The van der Waals surface area contributed by atoms with E-state index in [1.807, 2.05) is 0 Å². The summed E-state index contributed by atoms with van der Waals surface area (Å²) in [6, 6.07) is 58.5. The lowest BCUT2D eigenvalue weighted by molar-refractivity contribution is 0.888. The van der Waals surface area contributed by atoms with Gasteiger partial charge in [0.25, 0.3) is 0 Å². The first-order valence-corrected chi connectivity index (χ1v) is 20.6. The Hall–Kier alpha value is -7.30. The maximum Gasteiger partial charge on any atom is 0.0562 e. The molecule has 274 valence electrons. The number of para-hydroxylation sites is 4. The monoisotopic (exact) mass is 742 g/mol. The minimum Gasteiger partial charge on any atom is -0.313 e. The van der Waals surface area contributed by atoms with Crippen LogP contribution >= 0.6 is 0 Å². The fourth-order valence-corrected chi connectivity index (χ4v) is 10.4. The van der Waals surface area contributed by atoms with E-state index in [2.05, 4.69) is 200 Å². The van der Waals surface area contributed by atoms with Crippen molar-refractivity contribution in [1.82, 2.24) is 18.3 Å². The first-order valence-electron chi connectivity index (χ1n) is 20.6. The molecule has 4 heteroatoms. The third-order valence-electron chi connectivity index (χ3n) is 12.9. The van der Waals surface area contributed by atoms with Crippen molar-refractivity contribution in [2.24, 2.45) is 0 Å². The van der Waals surface area contributed by atoms with Crippen molar-refractivity contribution in [3.63, 3.8) is 0 Å². The van der Waals surface area contributed by atoms with E-state index in [9.17, 15) is 0 Å². The second kappa shape index (κ2) is 12.1. The second-order valence-corrected chi connectivity index (χ2v) is 15.9. The van der Waals surface area contributed by atoms with Crippen LogP contribution in [0.25, 0.3) is 100 Å². The number of nitrogens with zero attached hydrogens (tertiary/aromatic N) is 4. The molecule has 4 aromatic heterocycles. The van der Waals surface area contributed by atoms with Gasteiger partial charge in [-0.3, -0.25) is 0 Å². The molecule has 0 fully saturated rings. The van der Waals surface area contributed by atoms with Gasteiger partial charge in [-0.15, -0.1) is 0 Å². The van der Waals surface area contributed by atoms with Gasteiger partial charge in [0.05, 0.1) is 33.1 Å². The predicted octanol–water partition coefficient (Wildman–Crippen LogP) is 13.7. The molecule has 0 atom stereocenters. The van der Waals surface area contributed by atoms with Crippen LogP contribution in [0, 0.1) is 0 Å². The molecule has 2 aliphatic carbocycles. The van der Waals surface area contributed by atoms with Crippen LogP contribution in [0.2, 0.25) is 0 Å². The zero-order valence-electron chi connectivity index (χ0n) is 31.9. The molecule has 0 N–H and O–H groups in total. The molecule has 0 spiro atoms. The molecule has 0 radical (unpaired) electrons. The lowest BCUT2D eigenvalue weighted by Gasteiger charge is -2.14. The Morgan fingerprint density at radius 2 is 0.672 bits per heavy atom. The average Bonchev–Trinajstić information content (AvgIpc) is 4.00. The van der Waals surface area contributed by atoms with Gasteiger partial charge in [-0.05, 0) is 111 Å². The summed E-state index contributed by atoms with van der Waals surface area (Å²) in [4.78, 5) is 0. The first-order chi connectivity index (χ1) is 28.8. The molecule has 13 rings (SSSR count). The third-order valence-corrected chi connectivity index (χ3v) is 12.9. The average molecular weight is 743 g/mol. The Bertz CT molecular complexity index is 3290. The summed E-state index contributed by atoms with van der Waals surface area (Å²) < 4.78 is 9.92. The summed E-state index contributed by atoms with van der Waals surface area (Å²) in [7, 11) is 0. The molecule has 2 aliphatic rings. The van der Waals surface area contributed by atoms with Gasteiger partial charge in [-0.1, -0.05) is 97.1 Å². The minimum atomic E-state index is 1.04. The highest BCUT2D eigenvalue weighted by Gasteiger charge is 2.24. The second-order valence-electron chi connectivity index (χ2n) is 15.9. The zero-order valence-corrected chi connectivity index (χ0v) is 31.9. The van der Waals surface area contributed by atoms with Crippen LogP contribution in [0.3, 0.4) is 0 Å². The van der Waals surface area contributed by atoms with Crippen LogP contribution in [0.15, 0.2) is 170 Å². The van der Waals surface area contributed by atoms with Crippen molar-refractivity contribution in [2.75, 3.05) is 0 Å². The summed E-state index contributed by atoms with van der Waals surface area (Å²) in [5, 5.41) is 7.74. The molecule has 0 amide bonds. The molecule has 0 aliphatic heterocycles. The predicted molar refractivity (Wildman–Crippen MR) is 243 cm³/mol. The summed E-state index contributed by atoms with van der Waals surface area (Å²) in [6.07, 6.45) is 13.5. The Kier molecular flexibility index (Phi) is 6.65. The van der Waals surface area contributed by atoms with Gasteiger partial charge in [0.1, 0.15) is 0 Å². The van der Waals surface area contributed by atoms with Crippen LogP contribution in [0.1, 0.15) is 35.4 Å². The van der Waals surface area contributed by atoms with Crippen LogP contribution in [0.4, 0.5) is 0 Å². The highest BCUT2D eigenvalue weighted by atomic mass is 15.0. The minimum absolute atomic E-state index is 1.04. The van der Waals surface area contributed by atoms with E-state index in [1.54, 1.807) is 0 Å². The number of benzene rings is 7. The smallest absolute Gasteiger partial charge is 0.0562 e. The number of aromatic nitrogens is 4. The quantitative estimate of drug-likeness (QED) is 0.171. The molecular weight excluding hydrogens is 705 g/mol. The maximum atomic E-state index is 2.50. The van der Waals surface area contributed by atoms with Crippen molar-refractivity contribution in [1.29, 1.82) is 0 Å². The Morgan fingerprint density at radius 1 is 0.293 bits per heavy atom. The molecule has 4 nitrogen and oxygen atoms in total. The van der Waals surface area contributed by atoms with Crippen LogP contribution in [-0.2, 0) is 12.8 Å². The van der Waals surface area contributed by atoms with E-state index in [-0.39, 0.29) is 0 Å². The topological polar surface area (TPSA) is 19.7 Å². The standard InChI is InChI=1S/C54H38N4/c1-3-15-35(16-4-1)55-47-23-11-7-19-39(47)43-31-45-41-21-9-13-25-49(41)57(53(45)33-51(43)55)37-27-29-38(30-28-37)58-50-26-14-10-22-42(50)46-32-44-40-20-8-12-24-48(40)56(52(44)34-54(46)58)36-17-5-2-6-18-36/h1-10,13-22,25-34H,11-12,23-24H2. The molecule has 0 saturated carbocycles. The fraction of sp³-hybridized carbons (Fsp3) is 0.0741. The lowest BCUT2D eigenvalue weighted by Crippen LogP contribution is -2.03. The van der Waals surface area contributed by atoms with Gasteiger partial charge in [0, 0.05) is 77.6 Å². The molecule has 4 heterocycles. The fourth-order valence-electron chi connectivity index (χ4n) is 10.4. The molecule has 58 heavy (non-hydrogen) atoms. The maximum absolute atomic E-state index is 2.50. The summed E-state index contributed by atoms with van der Waals surface area (Å²) in [6.45, 7) is 0. The van der Waals surface area contributed by atoms with E-state index >= 15 is 0 Å². The van der Waals surface area contributed by atoms with E-state index < -0.39 is 0 Å². The molecule has 0 saturated heterocycles. The third kappa shape index (κ3) is 4.40. The van der Waals surface area contributed by atoms with Gasteiger partial charge < -0.3 is 18.3 Å². The van der Waals surface area contributed by atoms with Crippen molar-refractivity contribution < 1.29 is 0 Å². The van der Waals surface area contributed by atoms with Crippen molar-refractivity contribution >= 4 is 77.6 Å². The highest BCUT2D eigenvalue weighted by molar-refractivity contribution is 6.16. The van der Waals surface area contributed by atoms with Crippen LogP contribution in [-0.4, -0.2) is 18.3 Å². The highest BCUT2D eigenvalue weighted by Crippen LogP contribution is 2.43. The van der Waals surface area contributed by atoms with Crippen LogP contribution < -0.4 is 0 Å². The number of hydrogen-bond donors (Lipinski definition) is 0. The van der Waals surface area contributed by atoms with Gasteiger partial charge in [-0.25, -0.2) is 0 Å². The zero-order chi connectivity index (χ0) is 37.9. The van der Waals surface area contributed by atoms with E-state index in [1.165, 1.54) is 99.3 Å². The number of rotatable bonds is 4. The lowest BCUT2D eigenvalue weighted by atomic mass is 10.0. The number of fused-ring (bicyclic) bond motifs is 12. The van der Waals surface area contributed by atoms with E-state index in [0.29, 0.717) is 0 Å². The largest absolute Gasteiger partial charge is 0.313 e. The van der Waals surface area contributed by atoms with Crippen molar-refractivity contribution in [3.05, 3.63) is 192 Å². The van der Waals surface area contributed by atoms with Crippen molar-refractivity contribution in [3.8, 4) is 22.7 Å². The molecule has 7 aromatic carbocycles. The Morgan fingerprint density at radius 3 is 1.12 bits per heavy atom. The Labute approximate surface area is 335 Å². The summed E-state index contributed by atoms with van der Waals surface area (Å²) in [5.41, 5.74) is 17.6. The molecule has 11 aromatic rings. The Balaban J connectivity index is 1.03. The van der Waals surface area contributed by atoms with Gasteiger partial charge in [0.15, 0.2) is 0 Å². The molecule has 0 unspecified atom stereocenters. The number of allylic oxidation sites excluding steroid dienone is 2. The SMILES string of the molecule is C1=Cc2c(n(-c3ccccc3)c3cc4c(cc23)c2ccccc2n4-c2ccc(-n3c4ccccc4c4cc5c6c(n(-c7ccccc7)c5cc43)CCC=C6)cc2)CC1. The van der Waals surface area contributed by atoms with Gasteiger partial charge in [-0.2, -0.15) is 0 Å².